The summed E-state index contributed by atoms with van der Waals surface area (Å²) in [4.78, 5) is 12.4. The van der Waals surface area contributed by atoms with E-state index in [4.69, 9.17) is 4.74 Å². The highest BCUT2D eigenvalue weighted by atomic mass is 16.5. The third-order valence-corrected chi connectivity index (χ3v) is 3.78. The minimum absolute atomic E-state index is 0.120. The van der Waals surface area contributed by atoms with E-state index in [0.29, 0.717) is 5.56 Å². The Bertz CT molecular complexity index is 966. The monoisotopic (exact) mass is 313 g/mol. The van der Waals surface area contributed by atoms with E-state index in [1.807, 2.05) is 48.5 Å². The second-order valence-corrected chi connectivity index (χ2v) is 5.34. The van der Waals surface area contributed by atoms with Crippen LogP contribution in [0.1, 0.15) is 15.9 Å². The van der Waals surface area contributed by atoms with Crippen LogP contribution in [0.4, 0.5) is 0 Å². The third-order valence-electron chi connectivity index (χ3n) is 3.78. The first-order chi connectivity index (χ1) is 11.7. The second-order valence-electron chi connectivity index (χ2n) is 5.34. The first-order valence-corrected chi connectivity index (χ1v) is 7.50. The Hall–Kier alpha value is -3.38. The molecule has 0 N–H and O–H groups in total. The first-order valence-electron chi connectivity index (χ1n) is 7.50. The summed E-state index contributed by atoms with van der Waals surface area (Å²) in [6.45, 7) is 0. The van der Waals surface area contributed by atoms with Crippen LogP contribution in [0.15, 0.2) is 72.3 Å². The van der Waals surface area contributed by atoms with Gasteiger partial charge in [0.15, 0.2) is 0 Å². The summed E-state index contributed by atoms with van der Waals surface area (Å²) in [5, 5.41) is 11.4. The van der Waals surface area contributed by atoms with Crippen LogP contribution >= 0.6 is 0 Å². The molecular weight excluding hydrogens is 298 g/mol. The maximum Gasteiger partial charge on any atom is 0.203 e. The van der Waals surface area contributed by atoms with Gasteiger partial charge in [0.25, 0.3) is 0 Å². The van der Waals surface area contributed by atoms with Crippen LogP contribution < -0.4 is 4.74 Å². The van der Waals surface area contributed by atoms with E-state index in [1.165, 1.54) is 0 Å². The number of nitrogens with zero attached hydrogens (tertiary/aromatic N) is 1. The molecule has 0 amide bonds. The zero-order valence-corrected chi connectivity index (χ0v) is 13.2. The van der Waals surface area contributed by atoms with E-state index >= 15 is 0 Å². The van der Waals surface area contributed by atoms with Crippen LogP contribution in [-0.2, 0) is 0 Å². The van der Waals surface area contributed by atoms with Gasteiger partial charge in [-0.25, -0.2) is 0 Å². The zero-order chi connectivity index (χ0) is 16.9. The van der Waals surface area contributed by atoms with Gasteiger partial charge in [0, 0.05) is 5.56 Å². The molecule has 3 rings (SSSR count). The molecule has 0 heterocycles. The van der Waals surface area contributed by atoms with Crippen molar-refractivity contribution in [3.05, 3.63) is 83.4 Å². The van der Waals surface area contributed by atoms with Crippen LogP contribution in [0.3, 0.4) is 0 Å². The summed E-state index contributed by atoms with van der Waals surface area (Å²) >= 11 is 0. The number of hydrogen-bond acceptors (Lipinski definition) is 3. The molecular formula is C21H15NO2. The lowest BCUT2D eigenvalue weighted by atomic mass is 10.0. The zero-order valence-electron chi connectivity index (χ0n) is 13.2. The van der Waals surface area contributed by atoms with Gasteiger partial charge in [0.05, 0.1) is 7.11 Å². The fourth-order valence-electron chi connectivity index (χ4n) is 2.52. The fourth-order valence-corrected chi connectivity index (χ4v) is 2.52. The summed E-state index contributed by atoms with van der Waals surface area (Å²) in [6.07, 6.45) is 1.62. The van der Waals surface area contributed by atoms with Crippen molar-refractivity contribution in [1.29, 1.82) is 5.26 Å². The molecule has 3 heteroatoms. The van der Waals surface area contributed by atoms with Gasteiger partial charge in [0.2, 0.25) is 5.78 Å². The van der Waals surface area contributed by atoms with E-state index in [2.05, 4.69) is 0 Å². The van der Waals surface area contributed by atoms with Crippen molar-refractivity contribution >= 4 is 22.6 Å². The molecule has 24 heavy (non-hydrogen) atoms. The largest absolute Gasteiger partial charge is 0.497 e. The SMILES string of the molecule is COc1ccc2cc(/C=C(/C#N)C(=O)c3ccccc3)ccc2c1. The molecule has 0 atom stereocenters. The molecule has 0 aromatic heterocycles. The minimum Gasteiger partial charge on any atom is -0.497 e. The average molecular weight is 313 g/mol. The lowest BCUT2D eigenvalue weighted by molar-refractivity contribution is 0.104. The van der Waals surface area contributed by atoms with Crippen molar-refractivity contribution in [1.82, 2.24) is 0 Å². The summed E-state index contributed by atoms with van der Waals surface area (Å²) in [5.41, 5.74) is 1.44. The number of rotatable bonds is 4. The van der Waals surface area contributed by atoms with Gasteiger partial charge < -0.3 is 4.74 Å². The number of ether oxygens (including phenoxy) is 1. The molecule has 116 valence electrons. The quantitative estimate of drug-likeness (QED) is 0.400. The molecule has 3 aromatic carbocycles. The predicted molar refractivity (Wildman–Crippen MR) is 94.9 cm³/mol. The summed E-state index contributed by atoms with van der Waals surface area (Å²) in [7, 11) is 1.63. The van der Waals surface area contributed by atoms with Gasteiger partial charge in [-0.05, 0) is 40.6 Å². The van der Waals surface area contributed by atoms with Gasteiger partial charge in [0.1, 0.15) is 17.4 Å². The Kier molecular flexibility index (Phi) is 4.40. The number of nitriles is 1. The molecule has 3 nitrogen and oxygen atoms in total. The molecule has 3 aromatic rings. The van der Waals surface area contributed by atoms with E-state index in [-0.39, 0.29) is 11.4 Å². The molecule has 0 spiro atoms. The van der Waals surface area contributed by atoms with E-state index in [1.54, 1.807) is 37.5 Å². The standard InChI is InChI=1S/C21H15NO2/c1-24-20-10-9-17-11-15(7-8-18(17)13-20)12-19(14-22)21(23)16-5-3-2-4-6-16/h2-13H,1H3/b19-12-. The Morgan fingerprint density at radius 1 is 1.00 bits per heavy atom. The summed E-state index contributed by atoms with van der Waals surface area (Å²) in [5.74, 6) is 0.524. The minimum atomic E-state index is -0.270. The van der Waals surface area contributed by atoms with E-state index in [0.717, 1.165) is 22.1 Å². The normalized spacial score (nSPS) is 11.1. The summed E-state index contributed by atoms with van der Waals surface area (Å²) < 4.78 is 5.22. The fraction of sp³-hybridized carbons (Fsp3) is 0.0476. The molecule has 0 bridgehead atoms. The van der Waals surface area contributed by atoms with Crippen molar-refractivity contribution < 1.29 is 9.53 Å². The molecule has 0 fully saturated rings. The maximum atomic E-state index is 12.4. The topological polar surface area (TPSA) is 50.1 Å². The van der Waals surface area contributed by atoms with Crippen molar-refractivity contribution in [2.24, 2.45) is 0 Å². The van der Waals surface area contributed by atoms with Gasteiger partial charge in [-0.3, -0.25) is 4.79 Å². The molecule has 0 aliphatic heterocycles. The highest BCUT2D eigenvalue weighted by Gasteiger charge is 2.11. The average Bonchev–Trinajstić information content (AvgIpc) is 2.65. The lowest BCUT2D eigenvalue weighted by Gasteiger charge is -2.04. The number of fused-ring (bicyclic) bond motifs is 1. The highest BCUT2D eigenvalue weighted by molar-refractivity contribution is 6.14. The third kappa shape index (κ3) is 3.18. The second kappa shape index (κ2) is 6.80. The van der Waals surface area contributed by atoms with Gasteiger partial charge in [-0.2, -0.15) is 5.26 Å². The number of carbonyl (C=O) groups excluding carboxylic acids is 1. The number of benzene rings is 3. The highest BCUT2D eigenvalue weighted by Crippen LogP contribution is 2.23. The first kappa shape index (κ1) is 15.5. The Labute approximate surface area is 140 Å². The van der Waals surface area contributed by atoms with Crippen LogP contribution in [0.5, 0.6) is 5.75 Å². The van der Waals surface area contributed by atoms with Crippen molar-refractivity contribution in [2.45, 2.75) is 0 Å². The van der Waals surface area contributed by atoms with Crippen molar-refractivity contribution in [2.75, 3.05) is 7.11 Å². The molecule has 0 saturated heterocycles. The maximum absolute atomic E-state index is 12.4. The molecule has 0 radical (unpaired) electrons. The van der Waals surface area contributed by atoms with Crippen molar-refractivity contribution in [3.8, 4) is 11.8 Å². The van der Waals surface area contributed by atoms with Gasteiger partial charge >= 0.3 is 0 Å². The van der Waals surface area contributed by atoms with Crippen LogP contribution in [0, 0.1) is 11.3 Å². The number of Topliss-reactive ketones (excluding diaryl/α,β-unsaturated/α-hetero) is 1. The van der Waals surface area contributed by atoms with Crippen LogP contribution in [0.2, 0.25) is 0 Å². The van der Waals surface area contributed by atoms with Crippen LogP contribution in [0.25, 0.3) is 16.8 Å². The van der Waals surface area contributed by atoms with E-state index in [9.17, 15) is 10.1 Å². The Morgan fingerprint density at radius 2 is 1.71 bits per heavy atom. The van der Waals surface area contributed by atoms with E-state index < -0.39 is 0 Å². The number of methoxy groups -OCH3 is 1. The number of ketones is 1. The number of hydrogen-bond donors (Lipinski definition) is 0. The Balaban J connectivity index is 1.98. The lowest BCUT2D eigenvalue weighted by Crippen LogP contribution is -2.01. The molecule has 0 saturated carbocycles. The number of allylic oxidation sites excluding steroid dienone is 1. The molecule has 0 unspecified atom stereocenters. The predicted octanol–water partition coefficient (Wildman–Crippen LogP) is 4.64. The van der Waals surface area contributed by atoms with Gasteiger partial charge in [-0.1, -0.05) is 48.5 Å². The van der Waals surface area contributed by atoms with Crippen molar-refractivity contribution in [3.63, 3.8) is 0 Å². The Morgan fingerprint density at radius 3 is 2.42 bits per heavy atom. The molecule has 0 aliphatic rings. The number of carbonyl (C=O) groups is 1. The van der Waals surface area contributed by atoms with Crippen LogP contribution in [-0.4, -0.2) is 12.9 Å². The van der Waals surface area contributed by atoms with Gasteiger partial charge in [-0.15, -0.1) is 0 Å². The smallest absolute Gasteiger partial charge is 0.203 e. The molecule has 0 aliphatic carbocycles. The summed E-state index contributed by atoms with van der Waals surface area (Å²) in [6, 6.07) is 22.4.